The number of carbonyl (C=O) groups is 1. The minimum Gasteiger partial charge on any atom is -0.459 e. The number of aromatic nitrogens is 2. The number of piperazine rings is 1. The molecule has 160 valence electrons. The number of halogens is 2. The summed E-state index contributed by atoms with van der Waals surface area (Å²) in [5.74, 6) is 1.03. The molecule has 0 atom stereocenters. The number of nitrogens with one attached hydrogen (secondary N) is 1. The fraction of sp³-hybridized carbons (Fsp3) is 0.350. The van der Waals surface area contributed by atoms with E-state index in [0.717, 1.165) is 16.6 Å². The Morgan fingerprint density at radius 2 is 2.17 bits per heavy atom. The molecule has 3 aromatic rings. The maximum absolute atomic E-state index is 13.5. The highest BCUT2D eigenvalue weighted by molar-refractivity contribution is 14.0. The van der Waals surface area contributed by atoms with E-state index in [4.69, 9.17) is 4.42 Å². The van der Waals surface area contributed by atoms with Crippen molar-refractivity contribution in [1.29, 1.82) is 0 Å². The smallest absolute Gasteiger partial charge is 0.246 e. The standard InChI is InChI=1S/C20H23FN6O2.HI/c1-13-16-8-14(21)4-5-17(16)29-18(13)10-23-20(22-2)26-6-7-27(19(28)12-26)15-9-24-25(3)11-15;/h4-5,8-9,11H,6-7,10,12H2,1-3H3,(H,22,23);1H. The number of anilines is 1. The number of rotatable bonds is 3. The van der Waals surface area contributed by atoms with Crippen LogP contribution in [0.25, 0.3) is 11.0 Å². The monoisotopic (exact) mass is 526 g/mol. The van der Waals surface area contributed by atoms with Crippen LogP contribution in [-0.2, 0) is 18.4 Å². The average molecular weight is 526 g/mol. The molecule has 4 rings (SSSR count). The van der Waals surface area contributed by atoms with Crippen LogP contribution in [0.5, 0.6) is 0 Å². The van der Waals surface area contributed by atoms with Gasteiger partial charge in [-0.15, -0.1) is 24.0 Å². The molecule has 1 fully saturated rings. The first-order chi connectivity index (χ1) is 14.0. The zero-order valence-electron chi connectivity index (χ0n) is 17.1. The van der Waals surface area contributed by atoms with E-state index in [1.165, 1.54) is 12.1 Å². The minimum absolute atomic E-state index is 0. The van der Waals surface area contributed by atoms with Crippen LogP contribution >= 0.6 is 24.0 Å². The van der Waals surface area contributed by atoms with Gasteiger partial charge in [-0.25, -0.2) is 4.39 Å². The van der Waals surface area contributed by atoms with Gasteiger partial charge in [0.1, 0.15) is 23.7 Å². The molecule has 1 aliphatic rings. The van der Waals surface area contributed by atoms with Gasteiger partial charge in [0, 0.05) is 44.3 Å². The molecule has 0 radical (unpaired) electrons. The molecule has 1 saturated heterocycles. The van der Waals surface area contributed by atoms with Gasteiger partial charge < -0.3 is 19.5 Å². The summed E-state index contributed by atoms with van der Waals surface area (Å²) >= 11 is 0. The van der Waals surface area contributed by atoms with Crippen LogP contribution in [-0.4, -0.2) is 53.2 Å². The van der Waals surface area contributed by atoms with Crippen LogP contribution < -0.4 is 10.2 Å². The maximum Gasteiger partial charge on any atom is 0.246 e. The molecule has 0 bridgehead atoms. The second kappa shape index (κ2) is 9.02. The summed E-state index contributed by atoms with van der Waals surface area (Å²) in [5, 5.41) is 8.14. The summed E-state index contributed by atoms with van der Waals surface area (Å²) in [6.45, 7) is 3.71. The number of hydrogen-bond donors (Lipinski definition) is 1. The Bertz CT molecular complexity index is 1090. The highest BCUT2D eigenvalue weighted by Gasteiger charge is 2.27. The van der Waals surface area contributed by atoms with Crippen molar-refractivity contribution in [3.05, 3.63) is 47.7 Å². The highest BCUT2D eigenvalue weighted by atomic mass is 127. The Hall–Kier alpha value is -2.63. The van der Waals surface area contributed by atoms with E-state index < -0.39 is 0 Å². The van der Waals surface area contributed by atoms with E-state index in [9.17, 15) is 9.18 Å². The first-order valence-corrected chi connectivity index (χ1v) is 9.38. The lowest BCUT2D eigenvalue weighted by molar-refractivity contribution is -0.120. The zero-order chi connectivity index (χ0) is 20.5. The number of amides is 1. The predicted octanol–water partition coefficient (Wildman–Crippen LogP) is 2.66. The Morgan fingerprint density at radius 1 is 1.37 bits per heavy atom. The van der Waals surface area contributed by atoms with E-state index in [0.29, 0.717) is 36.9 Å². The van der Waals surface area contributed by atoms with Gasteiger partial charge in [0.05, 0.1) is 18.4 Å². The quantitative estimate of drug-likeness (QED) is 0.323. The van der Waals surface area contributed by atoms with Crippen LogP contribution in [0.3, 0.4) is 0 Å². The molecule has 8 nitrogen and oxygen atoms in total. The molecule has 1 aliphatic heterocycles. The number of furan rings is 1. The molecule has 0 saturated carbocycles. The molecule has 0 spiro atoms. The first-order valence-electron chi connectivity index (χ1n) is 9.38. The molecule has 3 heterocycles. The summed E-state index contributed by atoms with van der Waals surface area (Å²) in [4.78, 5) is 20.6. The predicted molar refractivity (Wildman–Crippen MR) is 124 cm³/mol. The van der Waals surface area contributed by atoms with Crippen LogP contribution in [0, 0.1) is 12.7 Å². The molecule has 0 aliphatic carbocycles. The third-order valence-corrected chi connectivity index (χ3v) is 5.14. The maximum atomic E-state index is 13.5. The molecular weight excluding hydrogens is 502 g/mol. The normalized spacial score (nSPS) is 14.9. The molecule has 1 aromatic carbocycles. The zero-order valence-corrected chi connectivity index (χ0v) is 19.4. The largest absolute Gasteiger partial charge is 0.459 e. The van der Waals surface area contributed by atoms with Crippen LogP contribution in [0.2, 0.25) is 0 Å². The molecule has 10 heteroatoms. The molecule has 1 amide bonds. The lowest BCUT2D eigenvalue weighted by Crippen LogP contribution is -2.55. The first kappa shape index (κ1) is 22.1. The van der Waals surface area contributed by atoms with Gasteiger partial charge >= 0.3 is 0 Å². The van der Waals surface area contributed by atoms with Gasteiger partial charge in [-0.1, -0.05) is 0 Å². The molecule has 30 heavy (non-hydrogen) atoms. The fourth-order valence-electron chi connectivity index (χ4n) is 3.58. The summed E-state index contributed by atoms with van der Waals surface area (Å²) in [6.07, 6.45) is 3.52. The Morgan fingerprint density at radius 3 is 2.83 bits per heavy atom. The highest BCUT2D eigenvalue weighted by Crippen LogP contribution is 2.26. The summed E-state index contributed by atoms with van der Waals surface area (Å²) in [7, 11) is 3.51. The van der Waals surface area contributed by atoms with Crippen molar-refractivity contribution in [1.82, 2.24) is 20.0 Å². The van der Waals surface area contributed by atoms with E-state index in [1.807, 2.05) is 25.1 Å². The van der Waals surface area contributed by atoms with Crippen molar-refractivity contribution < 1.29 is 13.6 Å². The van der Waals surface area contributed by atoms with Crippen molar-refractivity contribution in [3.8, 4) is 0 Å². The number of hydrogen-bond acceptors (Lipinski definition) is 4. The van der Waals surface area contributed by atoms with Crippen molar-refractivity contribution in [2.24, 2.45) is 12.0 Å². The molecular formula is C20H24FIN6O2. The third kappa shape index (κ3) is 4.27. The molecule has 1 N–H and O–H groups in total. The second-order valence-corrected chi connectivity index (χ2v) is 7.03. The SMILES string of the molecule is CN=C(NCc1oc2ccc(F)cc2c1C)N1CCN(c2cnn(C)c2)C(=O)C1.I. The molecule has 0 unspecified atom stereocenters. The minimum atomic E-state index is -0.290. The van der Waals surface area contributed by atoms with Crippen LogP contribution in [0.1, 0.15) is 11.3 Å². The van der Waals surface area contributed by atoms with Crippen LogP contribution in [0.15, 0.2) is 40.0 Å². The number of nitrogens with zero attached hydrogens (tertiary/aromatic N) is 5. The van der Waals surface area contributed by atoms with Gasteiger partial charge in [-0.3, -0.25) is 14.5 Å². The van der Waals surface area contributed by atoms with Gasteiger partial charge in [0.2, 0.25) is 5.91 Å². The van der Waals surface area contributed by atoms with Crippen LogP contribution in [0.4, 0.5) is 10.1 Å². The summed E-state index contributed by atoms with van der Waals surface area (Å²) < 4.78 is 21.0. The Balaban J connectivity index is 0.00000256. The van der Waals surface area contributed by atoms with E-state index in [2.05, 4.69) is 15.4 Å². The number of carbonyl (C=O) groups excluding carboxylic acids is 1. The molecule has 2 aromatic heterocycles. The van der Waals surface area contributed by atoms with Gasteiger partial charge in [0.25, 0.3) is 0 Å². The van der Waals surface area contributed by atoms with E-state index >= 15 is 0 Å². The number of aliphatic imine (C=N–C) groups is 1. The van der Waals surface area contributed by atoms with Gasteiger partial charge in [-0.2, -0.15) is 5.10 Å². The summed E-state index contributed by atoms with van der Waals surface area (Å²) in [5.41, 5.74) is 2.33. The van der Waals surface area contributed by atoms with Crippen molar-refractivity contribution in [2.45, 2.75) is 13.5 Å². The topological polar surface area (TPSA) is 78.9 Å². The number of guanidine groups is 1. The fourth-order valence-corrected chi connectivity index (χ4v) is 3.58. The third-order valence-electron chi connectivity index (χ3n) is 5.14. The average Bonchev–Trinajstić information content (AvgIpc) is 3.26. The van der Waals surface area contributed by atoms with Crippen molar-refractivity contribution in [2.75, 3.05) is 31.6 Å². The van der Waals surface area contributed by atoms with E-state index in [-0.39, 0.29) is 42.2 Å². The number of fused-ring (bicyclic) bond motifs is 1. The number of aryl methyl sites for hydroxylation is 2. The summed E-state index contributed by atoms with van der Waals surface area (Å²) in [6, 6.07) is 4.49. The van der Waals surface area contributed by atoms with E-state index in [1.54, 1.807) is 28.9 Å². The Labute approximate surface area is 190 Å². The lowest BCUT2D eigenvalue weighted by atomic mass is 10.1. The van der Waals surface area contributed by atoms with Crippen molar-refractivity contribution in [3.63, 3.8) is 0 Å². The number of benzene rings is 1. The Kier molecular flexibility index (Phi) is 6.64. The second-order valence-electron chi connectivity index (χ2n) is 7.03. The van der Waals surface area contributed by atoms with Gasteiger partial charge in [-0.05, 0) is 25.1 Å². The van der Waals surface area contributed by atoms with Crippen molar-refractivity contribution >= 4 is 52.5 Å². The van der Waals surface area contributed by atoms with Gasteiger partial charge in [0.15, 0.2) is 5.96 Å². The lowest BCUT2D eigenvalue weighted by Gasteiger charge is -2.35.